The van der Waals surface area contributed by atoms with Crippen LogP contribution in [0.5, 0.6) is 5.75 Å². The van der Waals surface area contributed by atoms with Crippen LogP contribution in [0.3, 0.4) is 0 Å². The van der Waals surface area contributed by atoms with E-state index >= 15 is 0 Å². The van der Waals surface area contributed by atoms with E-state index in [2.05, 4.69) is 32.9 Å². The molecule has 1 saturated carbocycles. The number of hydrogen-bond acceptors (Lipinski definition) is 5. The van der Waals surface area contributed by atoms with Crippen LogP contribution in [-0.2, 0) is 0 Å². The Labute approximate surface area is 226 Å². The van der Waals surface area contributed by atoms with Crippen molar-refractivity contribution in [3.05, 3.63) is 59.2 Å². The maximum Gasteiger partial charge on any atom is 1.00 e. The van der Waals surface area contributed by atoms with Gasteiger partial charge in [0.05, 0.1) is 33.5 Å². The summed E-state index contributed by atoms with van der Waals surface area (Å²) < 4.78 is 7.61. The quantitative estimate of drug-likeness (QED) is 0.420. The van der Waals surface area contributed by atoms with Crippen LogP contribution in [0.2, 0.25) is 0 Å². The van der Waals surface area contributed by atoms with Gasteiger partial charge in [-0.25, -0.2) is 4.98 Å². The number of ether oxygens (including phenoxy) is 1. The first-order valence-electron chi connectivity index (χ1n) is 11.6. The van der Waals surface area contributed by atoms with Crippen molar-refractivity contribution in [1.29, 1.82) is 0 Å². The van der Waals surface area contributed by atoms with E-state index in [1.54, 1.807) is 17.4 Å². The maximum atomic E-state index is 12.3. The smallest absolute Gasteiger partial charge is 0.545 e. The van der Waals surface area contributed by atoms with E-state index in [9.17, 15) is 9.90 Å². The van der Waals surface area contributed by atoms with Crippen LogP contribution in [0, 0.1) is 25.7 Å². The topological polar surface area (TPSA) is 62.2 Å². The number of rotatable bonds is 4. The minimum atomic E-state index is -1.21. The number of thiophene rings is 1. The molecule has 2 aromatic heterocycles. The van der Waals surface area contributed by atoms with Crippen molar-refractivity contribution in [1.82, 2.24) is 4.98 Å². The molecule has 2 heterocycles. The van der Waals surface area contributed by atoms with Gasteiger partial charge in [0.15, 0.2) is 0 Å². The third kappa shape index (κ3) is 4.64. The van der Waals surface area contributed by atoms with Gasteiger partial charge in [0.1, 0.15) is 5.75 Å². The van der Waals surface area contributed by atoms with Crippen LogP contribution in [-0.4, -0.2) is 17.1 Å². The Bertz CT molecular complexity index is 1370. The fourth-order valence-corrected chi connectivity index (χ4v) is 6.56. The fraction of sp³-hybridized carbons (Fsp3) is 0.357. The zero-order chi connectivity index (χ0) is 23.3. The van der Waals surface area contributed by atoms with Crippen molar-refractivity contribution in [2.24, 2.45) is 11.8 Å². The van der Waals surface area contributed by atoms with Crippen molar-refractivity contribution < 1.29 is 44.2 Å². The Kier molecular flexibility index (Phi) is 7.39. The van der Waals surface area contributed by atoms with Gasteiger partial charge in [-0.15, -0.1) is 11.3 Å². The van der Waals surface area contributed by atoms with Gasteiger partial charge in [-0.1, -0.05) is 38.1 Å². The second kappa shape index (κ2) is 9.98. The van der Waals surface area contributed by atoms with E-state index in [-0.39, 0.29) is 41.2 Å². The Balaban J connectivity index is 0.00000274. The summed E-state index contributed by atoms with van der Waals surface area (Å²) >= 11 is 1.64. The number of aromatic carboxylic acids is 1. The molecule has 1 fully saturated rings. The maximum absolute atomic E-state index is 12.3. The number of carboxylic acid groups (broad SMARTS) is 1. The summed E-state index contributed by atoms with van der Waals surface area (Å²) in [6, 6.07) is 13.7. The van der Waals surface area contributed by atoms with Gasteiger partial charge in [0, 0.05) is 10.3 Å². The van der Waals surface area contributed by atoms with Crippen LogP contribution in [0.15, 0.2) is 42.5 Å². The number of fused-ring (bicyclic) bond motifs is 2. The second-order valence-electron chi connectivity index (χ2n) is 9.66. The molecule has 0 amide bonds. The van der Waals surface area contributed by atoms with Crippen molar-refractivity contribution in [3.63, 3.8) is 0 Å². The third-order valence-electron chi connectivity index (χ3n) is 6.85. The molecule has 1 aliphatic rings. The average Bonchev–Trinajstić information content (AvgIpc) is 3.11. The molecule has 2 atom stereocenters. The predicted molar refractivity (Wildman–Crippen MR) is 133 cm³/mol. The molecule has 34 heavy (non-hydrogen) atoms. The normalized spacial score (nSPS) is 20.3. The molecule has 1 aliphatic carbocycles. The van der Waals surface area contributed by atoms with E-state index in [0.717, 1.165) is 33.5 Å². The number of aromatic nitrogens is 1. The Morgan fingerprint density at radius 2 is 1.76 bits per heavy atom. The van der Waals surface area contributed by atoms with Gasteiger partial charge in [0.25, 0.3) is 0 Å². The zero-order valence-electron chi connectivity index (χ0n) is 20.5. The number of pyridine rings is 1. The molecular formula is C28H28NNaO3S. The first kappa shape index (κ1) is 25.2. The molecule has 0 radical (unpaired) electrons. The van der Waals surface area contributed by atoms with Crippen LogP contribution in [0.1, 0.15) is 54.6 Å². The van der Waals surface area contributed by atoms with Gasteiger partial charge < -0.3 is 14.6 Å². The SMILES string of the molecule is Cc1c(-c2cc(C(=O)[O-])c3c(OC4CC(C)CC(C)C4)ccc(C)c3n2)sc2ccccc12.[Na+]. The van der Waals surface area contributed by atoms with Crippen LogP contribution >= 0.6 is 11.3 Å². The standard InChI is InChI=1S/C28H29NO3S.Na/c1-15-11-16(2)13-19(12-15)32-23-10-9-17(3)26-25(23)21(28(30)31)14-22(29-26)27-18(4)20-7-5-6-8-24(20)33-27;/h5-10,14-16,19H,11-13H2,1-4H3,(H,30,31);/q;+1/p-1. The molecule has 2 unspecified atom stereocenters. The largest absolute Gasteiger partial charge is 1.00 e. The van der Waals surface area contributed by atoms with E-state index in [1.165, 1.54) is 11.8 Å². The molecule has 6 heteroatoms. The molecule has 0 aliphatic heterocycles. The Morgan fingerprint density at radius 3 is 2.44 bits per heavy atom. The molecule has 170 valence electrons. The molecule has 5 rings (SSSR count). The number of benzene rings is 2. The number of carbonyl (C=O) groups is 1. The monoisotopic (exact) mass is 481 g/mol. The number of aryl methyl sites for hydroxylation is 2. The molecule has 0 N–H and O–H groups in total. The average molecular weight is 482 g/mol. The van der Waals surface area contributed by atoms with Gasteiger partial charge >= 0.3 is 29.6 Å². The summed E-state index contributed by atoms with van der Waals surface area (Å²) in [4.78, 5) is 18.3. The predicted octanol–water partition coefficient (Wildman–Crippen LogP) is 3.30. The van der Waals surface area contributed by atoms with Crippen molar-refractivity contribution in [2.45, 2.75) is 53.1 Å². The number of carbonyl (C=O) groups excluding carboxylic acids is 1. The Morgan fingerprint density at radius 1 is 1.06 bits per heavy atom. The Hall–Kier alpha value is -1.92. The van der Waals surface area contributed by atoms with Crippen molar-refractivity contribution in [2.75, 3.05) is 0 Å². The summed E-state index contributed by atoms with van der Waals surface area (Å²) in [6.45, 7) is 8.54. The summed E-state index contributed by atoms with van der Waals surface area (Å²) in [5.74, 6) is 0.574. The number of carboxylic acids is 1. The summed E-state index contributed by atoms with van der Waals surface area (Å²) in [5, 5.41) is 14.0. The van der Waals surface area contributed by atoms with E-state index in [0.29, 0.717) is 34.2 Å². The summed E-state index contributed by atoms with van der Waals surface area (Å²) in [7, 11) is 0. The van der Waals surface area contributed by atoms with Gasteiger partial charge in [0.2, 0.25) is 0 Å². The van der Waals surface area contributed by atoms with E-state index < -0.39 is 5.97 Å². The van der Waals surface area contributed by atoms with Crippen molar-refractivity contribution in [3.8, 4) is 16.3 Å². The molecule has 4 nitrogen and oxygen atoms in total. The summed E-state index contributed by atoms with van der Waals surface area (Å²) in [6.07, 6.45) is 3.24. The fourth-order valence-electron chi connectivity index (χ4n) is 5.39. The first-order valence-corrected chi connectivity index (χ1v) is 12.4. The molecular weight excluding hydrogens is 453 g/mol. The molecule has 4 aromatic rings. The zero-order valence-corrected chi connectivity index (χ0v) is 23.3. The molecule has 0 bridgehead atoms. The van der Waals surface area contributed by atoms with Gasteiger partial charge in [-0.3, -0.25) is 0 Å². The minimum Gasteiger partial charge on any atom is -0.545 e. The first-order chi connectivity index (χ1) is 15.8. The number of hydrogen-bond donors (Lipinski definition) is 0. The number of nitrogens with zero attached hydrogens (tertiary/aromatic N) is 1. The minimum absolute atomic E-state index is 0. The van der Waals surface area contributed by atoms with Crippen molar-refractivity contribution >= 4 is 38.3 Å². The molecule has 0 saturated heterocycles. The van der Waals surface area contributed by atoms with Crippen LogP contribution in [0.4, 0.5) is 0 Å². The van der Waals surface area contributed by atoms with Crippen LogP contribution in [0.25, 0.3) is 31.6 Å². The van der Waals surface area contributed by atoms with Crippen LogP contribution < -0.4 is 39.4 Å². The summed E-state index contributed by atoms with van der Waals surface area (Å²) in [5.41, 5.74) is 3.51. The second-order valence-corrected chi connectivity index (χ2v) is 10.7. The van der Waals surface area contributed by atoms with E-state index in [1.807, 2.05) is 31.2 Å². The van der Waals surface area contributed by atoms with Gasteiger partial charge in [-0.05, 0) is 79.7 Å². The molecule has 0 spiro atoms. The van der Waals surface area contributed by atoms with Gasteiger partial charge in [-0.2, -0.15) is 0 Å². The third-order valence-corrected chi connectivity index (χ3v) is 8.14. The van der Waals surface area contributed by atoms with E-state index in [4.69, 9.17) is 9.72 Å². The molecule has 2 aromatic carbocycles.